The molecule has 0 radical (unpaired) electrons. The number of amides is 1. The Balaban J connectivity index is 2.22. The summed E-state index contributed by atoms with van der Waals surface area (Å²) in [5.74, 6) is -0.0309. The van der Waals surface area contributed by atoms with Crippen molar-refractivity contribution in [2.45, 2.75) is 13.5 Å². The molecule has 1 aromatic heterocycles. The number of primary amides is 1. The number of aromatic nitrogens is 2. The predicted molar refractivity (Wildman–Crippen MR) is 74.9 cm³/mol. The molecule has 1 heterocycles. The average Bonchev–Trinajstić information content (AvgIpc) is 2.61. The van der Waals surface area contributed by atoms with Crippen LogP contribution in [0.5, 0.6) is 5.75 Å². The first-order valence-corrected chi connectivity index (χ1v) is 6.49. The van der Waals surface area contributed by atoms with E-state index in [1.807, 2.05) is 14.0 Å². The van der Waals surface area contributed by atoms with Crippen LogP contribution in [0.3, 0.4) is 0 Å². The second-order valence-electron chi connectivity index (χ2n) is 4.12. The van der Waals surface area contributed by atoms with Gasteiger partial charge in [0.05, 0.1) is 21.4 Å². The van der Waals surface area contributed by atoms with E-state index in [4.69, 9.17) is 10.5 Å². The molecule has 0 spiro atoms. The van der Waals surface area contributed by atoms with E-state index in [-0.39, 0.29) is 0 Å². The van der Waals surface area contributed by atoms with Crippen molar-refractivity contribution in [3.63, 3.8) is 0 Å². The third-order valence-electron chi connectivity index (χ3n) is 2.78. The number of para-hydroxylation sites is 1. The monoisotopic (exact) mass is 323 g/mol. The number of benzene rings is 1. The minimum absolute atomic E-state index is 0.308. The zero-order chi connectivity index (χ0) is 14.0. The van der Waals surface area contributed by atoms with Crippen LogP contribution in [0, 0.1) is 6.92 Å². The molecule has 2 rings (SSSR count). The van der Waals surface area contributed by atoms with Crippen molar-refractivity contribution in [2.75, 3.05) is 0 Å². The lowest BCUT2D eigenvalue weighted by Gasteiger charge is -2.09. The summed E-state index contributed by atoms with van der Waals surface area (Å²) in [6, 6.07) is 6.90. The maximum Gasteiger partial charge on any atom is 0.252 e. The van der Waals surface area contributed by atoms with Crippen LogP contribution < -0.4 is 10.5 Å². The molecule has 0 aliphatic rings. The van der Waals surface area contributed by atoms with Crippen molar-refractivity contribution in [1.82, 2.24) is 9.78 Å². The van der Waals surface area contributed by atoms with E-state index < -0.39 is 5.91 Å². The predicted octanol–water partition coefficient (Wildman–Crippen LogP) is 2.17. The zero-order valence-corrected chi connectivity index (χ0v) is 12.3. The van der Waals surface area contributed by atoms with Crippen molar-refractivity contribution < 1.29 is 9.53 Å². The van der Waals surface area contributed by atoms with Crippen molar-refractivity contribution >= 4 is 21.8 Å². The first kappa shape index (κ1) is 13.6. The summed E-state index contributed by atoms with van der Waals surface area (Å²) in [4.78, 5) is 11.3. The highest BCUT2D eigenvalue weighted by Crippen LogP contribution is 2.23. The Morgan fingerprint density at radius 1 is 1.47 bits per heavy atom. The Hall–Kier alpha value is -1.82. The number of hydrogen-bond donors (Lipinski definition) is 1. The van der Waals surface area contributed by atoms with Crippen LogP contribution in [0.1, 0.15) is 21.7 Å². The van der Waals surface area contributed by atoms with E-state index in [0.29, 0.717) is 17.9 Å². The molecule has 0 fully saturated rings. The van der Waals surface area contributed by atoms with E-state index in [1.54, 1.807) is 28.9 Å². The molecule has 6 heteroatoms. The Morgan fingerprint density at radius 2 is 2.16 bits per heavy atom. The second kappa shape index (κ2) is 5.44. The maximum absolute atomic E-state index is 11.3. The van der Waals surface area contributed by atoms with E-state index in [9.17, 15) is 4.79 Å². The molecule has 0 bridgehead atoms. The SMILES string of the molecule is Cc1nn(C)c(COc2ccccc2C(N)=O)c1Br. The molecule has 0 atom stereocenters. The van der Waals surface area contributed by atoms with Crippen molar-refractivity contribution in [1.29, 1.82) is 0 Å². The van der Waals surface area contributed by atoms with Gasteiger partial charge in [0.25, 0.3) is 5.91 Å². The lowest BCUT2D eigenvalue weighted by molar-refractivity contribution is 0.0996. The van der Waals surface area contributed by atoms with Crippen molar-refractivity contribution in [3.05, 3.63) is 45.7 Å². The lowest BCUT2D eigenvalue weighted by atomic mass is 10.2. The van der Waals surface area contributed by atoms with Crippen molar-refractivity contribution in [2.24, 2.45) is 12.8 Å². The highest BCUT2D eigenvalue weighted by molar-refractivity contribution is 9.10. The number of nitrogens with two attached hydrogens (primary N) is 1. The molecular weight excluding hydrogens is 310 g/mol. The molecule has 0 aliphatic heterocycles. The number of hydrogen-bond acceptors (Lipinski definition) is 3. The first-order chi connectivity index (χ1) is 9.00. The second-order valence-corrected chi connectivity index (χ2v) is 4.91. The average molecular weight is 324 g/mol. The quantitative estimate of drug-likeness (QED) is 0.937. The molecule has 0 aliphatic carbocycles. The van der Waals surface area contributed by atoms with Crippen LogP contribution in [0.15, 0.2) is 28.7 Å². The maximum atomic E-state index is 11.3. The third kappa shape index (κ3) is 2.78. The van der Waals surface area contributed by atoms with Gasteiger partial charge in [-0.25, -0.2) is 0 Å². The molecule has 2 aromatic rings. The van der Waals surface area contributed by atoms with Gasteiger partial charge in [0.1, 0.15) is 12.4 Å². The number of carbonyl (C=O) groups excluding carboxylic acids is 1. The van der Waals surface area contributed by atoms with Gasteiger partial charge in [-0.3, -0.25) is 9.48 Å². The topological polar surface area (TPSA) is 70.1 Å². The highest BCUT2D eigenvalue weighted by atomic mass is 79.9. The minimum Gasteiger partial charge on any atom is -0.486 e. The molecule has 100 valence electrons. The molecule has 1 aromatic carbocycles. The van der Waals surface area contributed by atoms with Crippen LogP contribution in [-0.2, 0) is 13.7 Å². The largest absolute Gasteiger partial charge is 0.486 e. The van der Waals surface area contributed by atoms with E-state index in [0.717, 1.165) is 15.9 Å². The minimum atomic E-state index is -0.504. The Kier molecular flexibility index (Phi) is 3.90. The van der Waals surface area contributed by atoms with Gasteiger partial charge in [0, 0.05) is 7.05 Å². The molecule has 2 N–H and O–H groups in total. The van der Waals surface area contributed by atoms with Gasteiger partial charge < -0.3 is 10.5 Å². The third-order valence-corrected chi connectivity index (χ3v) is 3.81. The fourth-order valence-electron chi connectivity index (χ4n) is 1.78. The first-order valence-electron chi connectivity index (χ1n) is 5.70. The fraction of sp³-hybridized carbons (Fsp3) is 0.231. The Labute approximate surface area is 119 Å². The summed E-state index contributed by atoms with van der Waals surface area (Å²) in [6.45, 7) is 2.22. The summed E-state index contributed by atoms with van der Waals surface area (Å²) in [5, 5.41) is 4.28. The lowest BCUT2D eigenvalue weighted by Crippen LogP contribution is -2.13. The smallest absolute Gasteiger partial charge is 0.252 e. The van der Waals surface area contributed by atoms with Gasteiger partial charge in [0.15, 0.2) is 0 Å². The van der Waals surface area contributed by atoms with Gasteiger partial charge in [-0.15, -0.1) is 0 Å². The Morgan fingerprint density at radius 3 is 2.74 bits per heavy atom. The highest BCUT2D eigenvalue weighted by Gasteiger charge is 2.13. The summed E-state index contributed by atoms with van der Waals surface area (Å²) in [7, 11) is 1.84. The van der Waals surface area contributed by atoms with Crippen LogP contribution in [0.4, 0.5) is 0 Å². The molecule has 0 unspecified atom stereocenters. The normalized spacial score (nSPS) is 10.5. The van der Waals surface area contributed by atoms with E-state index >= 15 is 0 Å². The van der Waals surface area contributed by atoms with Crippen molar-refractivity contribution in [3.8, 4) is 5.75 Å². The van der Waals surface area contributed by atoms with E-state index in [1.165, 1.54) is 0 Å². The Bertz CT molecular complexity index is 622. The van der Waals surface area contributed by atoms with Crippen LogP contribution >= 0.6 is 15.9 Å². The van der Waals surface area contributed by atoms with Gasteiger partial charge in [-0.2, -0.15) is 5.10 Å². The molecule has 19 heavy (non-hydrogen) atoms. The summed E-state index contributed by atoms with van der Waals surface area (Å²) in [5.41, 5.74) is 7.47. The van der Waals surface area contributed by atoms with Crippen LogP contribution in [0.2, 0.25) is 0 Å². The van der Waals surface area contributed by atoms with Gasteiger partial charge in [-0.05, 0) is 35.0 Å². The molecular formula is C13H14BrN3O2. The number of nitrogens with zero attached hydrogens (tertiary/aromatic N) is 2. The zero-order valence-electron chi connectivity index (χ0n) is 10.7. The van der Waals surface area contributed by atoms with E-state index in [2.05, 4.69) is 21.0 Å². The molecule has 1 amide bonds. The fourth-order valence-corrected chi connectivity index (χ4v) is 2.23. The molecule has 5 nitrogen and oxygen atoms in total. The summed E-state index contributed by atoms with van der Waals surface area (Å²) < 4.78 is 8.32. The van der Waals surface area contributed by atoms with Gasteiger partial charge in [0.2, 0.25) is 0 Å². The summed E-state index contributed by atoms with van der Waals surface area (Å²) >= 11 is 3.47. The number of aryl methyl sites for hydroxylation is 2. The summed E-state index contributed by atoms with van der Waals surface area (Å²) in [6.07, 6.45) is 0. The van der Waals surface area contributed by atoms with Gasteiger partial charge >= 0.3 is 0 Å². The number of rotatable bonds is 4. The standard InChI is InChI=1S/C13H14BrN3O2/c1-8-12(14)10(17(2)16-8)7-19-11-6-4-3-5-9(11)13(15)18/h3-6H,7H2,1-2H3,(H2,15,18). The number of ether oxygens (including phenoxy) is 1. The number of carbonyl (C=O) groups is 1. The number of halogens is 1. The van der Waals surface area contributed by atoms with Crippen LogP contribution in [0.25, 0.3) is 0 Å². The van der Waals surface area contributed by atoms with Crippen LogP contribution in [-0.4, -0.2) is 15.7 Å². The molecule has 0 saturated heterocycles. The molecule has 0 saturated carbocycles. The van der Waals surface area contributed by atoms with Gasteiger partial charge in [-0.1, -0.05) is 12.1 Å².